The van der Waals surface area contributed by atoms with Crippen LogP contribution >= 0.6 is 0 Å². The standard InChI is InChI=1S/C34H56O4/c1-33(2,3)25-13-7-21(8-14-25)31(35)23-12-18-29-28(19-23)27-17-11-24(20-30(27)37-29)32(36)22-9-15-26(16-10-22)38-34(4,5)6/h21-30H,7-20H2,1-6H3. The molecule has 1 aliphatic heterocycles. The molecule has 0 aromatic carbocycles. The maximum Gasteiger partial charge on any atom is 0.139 e. The normalized spacial score (nSPS) is 42.3. The third-order valence-corrected chi connectivity index (χ3v) is 11.3. The average Bonchev–Trinajstić information content (AvgIpc) is 3.24. The van der Waals surface area contributed by atoms with Crippen molar-refractivity contribution in [1.29, 1.82) is 0 Å². The number of ether oxygens (including phenoxy) is 2. The summed E-state index contributed by atoms with van der Waals surface area (Å²) in [5.74, 6) is 3.89. The summed E-state index contributed by atoms with van der Waals surface area (Å²) in [4.78, 5) is 27.1. The molecule has 0 radical (unpaired) electrons. The monoisotopic (exact) mass is 528 g/mol. The number of rotatable bonds is 5. The van der Waals surface area contributed by atoms with Crippen molar-refractivity contribution in [1.82, 2.24) is 0 Å². The minimum Gasteiger partial charge on any atom is -0.374 e. The molecular formula is C34H56O4. The number of carbonyl (C=O) groups is 2. The van der Waals surface area contributed by atoms with Crippen LogP contribution in [0.25, 0.3) is 0 Å². The fourth-order valence-corrected chi connectivity index (χ4v) is 9.21. The van der Waals surface area contributed by atoms with Crippen LogP contribution in [0.2, 0.25) is 0 Å². The second-order valence-corrected chi connectivity index (χ2v) is 16.0. The van der Waals surface area contributed by atoms with E-state index < -0.39 is 0 Å². The molecule has 1 heterocycles. The summed E-state index contributed by atoms with van der Waals surface area (Å²) in [6.07, 6.45) is 15.7. The third kappa shape index (κ3) is 6.42. The highest BCUT2D eigenvalue weighted by Crippen LogP contribution is 2.51. The molecule has 6 unspecified atom stereocenters. The molecule has 0 spiro atoms. The Labute approximate surface area is 232 Å². The van der Waals surface area contributed by atoms with E-state index in [1.54, 1.807) is 0 Å². The summed E-state index contributed by atoms with van der Waals surface area (Å²) in [6, 6.07) is 0. The number of hydrogen-bond donors (Lipinski definition) is 0. The minimum atomic E-state index is -0.105. The summed E-state index contributed by atoms with van der Waals surface area (Å²) in [7, 11) is 0. The zero-order valence-corrected chi connectivity index (χ0v) is 25.3. The smallest absolute Gasteiger partial charge is 0.139 e. The first kappa shape index (κ1) is 28.8. The second-order valence-electron chi connectivity index (χ2n) is 16.0. The van der Waals surface area contributed by atoms with Gasteiger partial charge in [-0.1, -0.05) is 20.8 Å². The van der Waals surface area contributed by atoms with Gasteiger partial charge in [0.15, 0.2) is 0 Å². The Kier molecular flexibility index (Phi) is 8.53. The molecule has 1 saturated heterocycles. The van der Waals surface area contributed by atoms with E-state index in [9.17, 15) is 9.59 Å². The highest BCUT2D eigenvalue weighted by atomic mass is 16.5. The van der Waals surface area contributed by atoms with Gasteiger partial charge >= 0.3 is 0 Å². The minimum absolute atomic E-state index is 0.105. The molecule has 4 aliphatic carbocycles. The van der Waals surface area contributed by atoms with Crippen molar-refractivity contribution in [2.24, 2.45) is 46.8 Å². The lowest BCUT2D eigenvalue weighted by Gasteiger charge is -2.39. The van der Waals surface area contributed by atoms with Gasteiger partial charge in [0, 0.05) is 23.7 Å². The number of fused-ring (bicyclic) bond motifs is 3. The SMILES string of the molecule is CC(C)(C)OC1CCC(C(=O)C2CCC3C(C2)OC2CCC(C(=O)C4CCC(C(C)(C)C)CC4)CC23)CC1. The van der Waals surface area contributed by atoms with E-state index in [0.29, 0.717) is 46.9 Å². The molecular weight excluding hydrogens is 472 g/mol. The van der Waals surface area contributed by atoms with Crippen LogP contribution < -0.4 is 0 Å². The molecule has 4 heteroatoms. The number of hydrogen-bond acceptors (Lipinski definition) is 4. The molecule has 5 aliphatic rings. The van der Waals surface area contributed by atoms with Crippen LogP contribution in [-0.4, -0.2) is 35.5 Å². The predicted molar refractivity (Wildman–Crippen MR) is 152 cm³/mol. The molecule has 4 saturated carbocycles. The largest absolute Gasteiger partial charge is 0.374 e. The Morgan fingerprint density at radius 1 is 0.579 bits per heavy atom. The van der Waals surface area contributed by atoms with Crippen molar-refractivity contribution in [3.05, 3.63) is 0 Å². The van der Waals surface area contributed by atoms with Gasteiger partial charge in [-0.25, -0.2) is 0 Å². The van der Waals surface area contributed by atoms with E-state index in [1.165, 1.54) is 12.8 Å². The molecule has 0 amide bonds. The van der Waals surface area contributed by atoms with Gasteiger partial charge in [-0.15, -0.1) is 0 Å². The van der Waals surface area contributed by atoms with E-state index in [2.05, 4.69) is 41.5 Å². The van der Waals surface area contributed by atoms with Gasteiger partial charge in [-0.2, -0.15) is 0 Å². The van der Waals surface area contributed by atoms with Gasteiger partial charge < -0.3 is 9.47 Å². The first-order valence-corrected chi connectivity index (χ1v) is 16.3. The quantitative estimate of drug-likeness (QED) is 0.363. The molecule has 216 valence electrons. The molecule has 0 N–H and O–H groups in total. The van der Waals surface area contributed by atoms with E-state index in [1.807, 2.05) is 0 Å². The summed E-state index contributed by atoms with van der Waals surface area (Å²) in [5, 5.41) is 0. The number of carbonyl (C=O) groups excluding carboxylic acids is 2. The van der Waals surface area contributed by atoms with Crippen LogP contribution in [0.15, 0.2) is 0 Å². The third-order valence-electron chi connectivity index (χ3n) is 11.3. The van der Waals surface area contributed by atoms with Gasteiger partial charge in [0.05, 0.1) is 23.9 Å². The van der Waals surface area contributed by atoms with Gasteiger partial charge in [-0.3, -0.25) is 9.59 Å². The molecule has 6 atom stereocenters. The summed E-state index contributed by atoms with van der Waals surface area (Å²) in [6.45, 7) is 13.4. The molecule has 5 rings (SSSR count). The zero-order chi connectivity index (χ0) is 27.2. The maximum atomic E-state index is 13.6. The summed E-state index contributed by atoms with van der Waals surface area (Å²) < 4.78 is 12.8. The van der Waals surface area contributed by atoms with Gasteiger partial charge in [0.1, 0.15) is 11.6 Å². The van der Waals surface area contributed by atoms with E-state index >= 15 is 0 Å². The molecule has 0 aromatic heterocycles. The zero-order valence-electron chi connectivity index (χ0n) is 25.3. The van der Waals surface area contributed by atoms with Crippen molar-refractivity contribution in [2.45, 2.75) is 155 Å². The molecule has 5 fully saturated rings. The highest BCUT2D eigenvalue weighted by Gasteiger charge is 2.51. The highest BCUT2D eigenvalue weighted by molar-refractivity contribution is 5.84. The van der Waals surface area contributed by atoms with Gasteiger partial charge in [-0.05, 0) is 134 Å². The fraction of sp³-hybridized carbons (Fsp3) is 0.941. The van der Waals surface area contributed by atoms with Gasteiger partial charge in [0.2, 0.25) is 0 Å². The Morgan fingerprint density at radius 3 is 1.68 bits per heavy atom. The lowest BCUT2D eigenvalue weighted by atomic mass is 9.64. The first-order chi connectivity index (χ1) is 17.9. The lowest BCUT2D eigenvalue weighted by Crippen LogP contribution is -2.39. The topological polar surface area (TPSA) is 52.6 Å². The lowest BCUT2D eigenvalue weighted by molar-refractivity contribution is -0.134. The molecule has 0 aromatic rings. The number of ketones is 2. The predicted octanol–water partition coefficient (Wildman–Crippen LogP) is 7.95. The Balaban J connectivity index is 1.10. The van der Waals surface area contributed by atoms with Crippen molar-refractivity contribution in [3.63, 3.8) is 0 Å². The van der Waals surface area contributed by atoms with Crippen LogP contribution in [0.1, 0.15) is 131 Å². The Bertz CT molecular complexity index is 834. The first-order valence-electron chi connectivity index (χ1n) is 16.3. The van der Waals surface area contributed by atoms with Crippen molar-refractivity contribution >= 4 is 11.6 Å². The fourth-order valence-electron chi connectivity index (χ4n) is 9.21. The number of Topliss-reactive ketones (excluding diaryl/α,β-unsaturated/α-hetero) is 2. The van der Waals surface area contributed by atoms with Crippen LogP contribution in [0.3, 0.4) is 0 Å². The summed E-state index contributed by atoms with van der Waals surface area (Å²) in [5.41, 5.74) is 0.258. The van der Waals surface area contributed by atoms with Gasteiger partial charge in [0.25, 0.3) is 0 Å². The van der Waals surface area contributed by atoms with Crippen LogP contribution in [0.4, 0.5) is 0 Å². The Hall–Kier alpha value is -0.740. The Morgan fingerprint density at radius 2 is 1.11 bits per heavy atom. The second kappa shape index (κ2) is 11.3. The van der Waals surface area contributed by atoms with Crippen molar-refractivity contribution < 1.29 is 19.1 Å². The maximum absolute atomic E-state index is 13.6. The van der Waals surface area contributed by atoms with E-state index in [0.717, 1.165) is 83.0 Å². The van der Waals surface area contributed by atoms with E-state index in [4.69, 9.17) is 9.47 Å². The average molecular weight is 529 g/mol. The molecule has 4 nitrogen and oxygen atoms in total. The molecule has 0 bridgehead atoms. The van der Waals surface area contributed by atoms with Crippen molar-refractivity contribution in [2.75, 3.05) is 0 Å². The van der Waals surface area contributed by atoms with Crippen LogP contribution in [-0.2, 0) is 19.1 Å². The van der Waals surface area contributed by atoms with Crippen LogP contribution in [0.5, 0.6) is 0 Å². The van der Waals surface area contributed by atoms with E-state index in [-0.39, 0.29) is 29.5 Å². The van der Waals surface area contributed by atoms with Crippen LogP contribution in [0, 0.1) is 46.8 Å². The van der Waals surface area contributed by atoms with Crippen molar-refractivity contribution in [3.8, 4) is 0 Å². The summed E-state index contributed by atoms with van der Waals surface area (Å²) >= 11 is 0. The molecule has 38 heavy (non-hydrogen) atoms.